The van der Waals surface area contributed by atoms with E-state index < -0.39 is 5.54 Å². The first kappa shape index (κ1) is 19.9. The van der Waals surface area contributed by atoms with Crippen LogP contribution in [0.3, 0.4) is 0 Å². The Morgan fingerprint density at radius 2 is 2.21 bits per heavy atom. The maximum atomic E-state index is 13.1. The van der Waals surface area contributed by atoms with Crippen molar-refractivity contribution in [2.75, 3.05) is 12.4 Å². The average molecular weight is 413 g/mol. The van der Waals surface area contributed by atoms with Gasteiger partial charge in [0.25, 0.3) is 5.56 Å². The minimum Gasteiger partial charge on any atom is -0.376 e. The Labute approximate surface area is 173 Å². The molecule has 1 aromatic heterocycles. The number of carbonyl (C=O) groups is 1. The van der Waals surface area contributed by atoms with Crippen molar-refractivity contribution in [3.63, 3.8) is 0 Å². The topological polar surface area (TPSA) is 97.0 Å². The van der Waals surface area contributed by atoms with Crippen LogP contribution in [0, 0.1) is 17.2 Å². The third-order valence-electron chi connectivity index (χ3n) is 5.59. The third-order valence-corrected chi connectivity index (χ3v) is 6.57. The molecule has 1 amide bonds. The maximum Gasteiger partial charge on any atom is 0.262 e. The SMILES string of the molecule is CC(C#N)(NC(=O)CSc1nc2ccccc2c(=O)n1CC1CCCO1)C1CC1. The highest BCUT2D eigenvalue weighted by Crippen LogP contribution is 2.39. The molecule has 1 saturated carbocycles. The van der Waals surface area contributed by atoms with E-state index in [1.54, 1.807) is 23.6 Å². The zero-order valence-corrected chi connectivity index (χ0v) is 17.2. The molecule has 0 radical (unpaired) electrons. The summed E-state index contributed by atoms with van der Waals surface area (Å²) in [5.41, 5.74) is -0.330. The molecular weight excluding hydrogens is 388 g/mol. The number of benzene rings is 1. The summed E-state index contributed by atoms with van der Waals surface area (Å²) in [6, 6.07) is 9.47. The van der Waals surface area contributed by atoms with Gasteiger partial charge in [-0.3, -0.25) is 14.2 Å². The average Bonchev–Trinajstić information content (AvgIpc) is 3.47. The molecule has 8 heteroatoms. The third kappa shape index (κ3) is 4.31. The van der Waals surface area contributed by atoms with Crippen LogP contribution in [0.4, 0.5) is 0 Å². The molecule has 29 heavy (non-hydrogen) atoms. The molecule has 4 rings (SSSR count). The van der Waals surface area contributed by atoms with Gasteiger partial charge in [-0.1, -0.05) is 23.9 Å². The largest absolute Gasteiger partial charge is 0.376 e. The molecule has 2 aliphatic rings. The van der Waals surface area contributed by atoms with Gasteiger partial charge in [0.15, 0.2) is 5.16 Å². The number of nitrogens with one attached hydrogen (secondary N) is 1. The quantitative estimate of drug-likeness (QED) is 0.554. The van der Waals surface area contributed by atoms with Gasteiger partial charge in [0.2, 0.25) is 5.91 Å². The fraction of sp³-hybridized carbons (Fsp3) is 0.524. The van der Waals surface area contributed by atoms with Gasteiger partial charge in [-0.25, -0.2) is 4.98 Å². The number of fused-ring (bicyclic) bond motifs is 1. The standard InChI is InChI=1S/C21H24N4O3S/c1-21(13-22,14-8-9-14)24-18(26)12-29-20-23-17-7-3-2-6-16(17)19(27)25(20)11-15-5-4-10-28-15/h2-3,6-7,14-15H,4-5,8-12H2,1H3,(H,24,26). The highest BCUT2D eigenvalue weighted by atomic mass is 32.2. The molecule has 0 spiro atoms. The van der Waals surface area contributed by atoms with E-state index in [1.807, 2.05) is 12.1 Å². The summed E-state index contributed by atoms with van der Waals surface area (Å²) in [6.45, 7) is 2.91. The summed E-state index contributed by atoms with van der Waals surface area (Å²) in [6.07, 6.45) is 3.81. The molecule has 1 aliphatic carbocycles. The van der Waals surface area contributed by atoms with E-state index in [0.717, 1.165) is 25.7 Å². The van der Waals surface area contributed by atoms with Crippen LogP contribution in [0.15, 0.2) is 34.2 Å². The highest BCUT2D eigenvalue weighted by Gasteiger charge is 2.43. The number of para-hydroxylation sites is 1. The monoisotopic (exact) mass is 412 g/mol. The van der Waals surface area contributed by atoms with Crippen LogP contribution in [0.5, 0.6) is 0 Å². The predicted molar refractivity (Wildman–Crippen MR) is 111 cm³/mol. The van der Waals surface area contributed by atoms with Gasteiger partial charge >= 0.3 is 0 Å². The lowest BCUT2D eigenvalue weighted by molar-refractivity contribution is -0.119. The Morgan fingerprint density at radius 3 is 2.90 bits per heavy atom. The zero-order chi connectivity index (χ0) is 20.4. The molecule has 2 unspecified atom stereocenters. The number of hydrogen-bond donors (Lipinski definition) is 1. The highest BCUT2D eigenvalue weighted by molar-refractivity contribution is 7.99. The number of nitrogens with zero attached hydrogens (tertiary/aromatic N) is 3. The van der Waals surface area contributed by atoms with Crippen molar-refractivity contribution < 1.29 is 9.53 Å². The molecule has 2 heterocycles. The van der Waals surface area contributed by atoms with Gasteiger partial charge in [0, 0.05) is 6.61 Å². The van der Waals surface area contributed by atoms with Crippen LogP contribution in [-0.4, -0.2) is 39.5 Å². The van der Waals surface area contributed by atoms with Gasteiger partial charge in [-0.05, 0) is 50.7 Å². The second-order valence-corrected chi connectivity index (χ2v) is 8.83. The van der Waals surface area contributed by atoms with Gasteiger partial charge in [-0.2, -0.15) is 5.26 Å². The van der Waals surface area contributed by atoms with Crippen LogP contribution in [0.25, 0.3) is 10.9 Å². The molecule has 1 N–H and O–H groups in total. The van der Waals surface area contributed by atoms with Gasteiger partial charge in [0.05, 0.1) is 35.4 Å². The molecular formula is C21H24N4O3S. The summed E-state index contributed by atoms with van der Waals surface area (Å²) in [4.78, 5) is 30.2. The lowest BCUT2D eigenvalue weighted by Crippen LogP contribution is -2.47. The van der Waals surface area contributed by atoms with E-state index >= 15 is 0 Å². The molecule has 2 atom stereocenters. The Balaban J connectivity index is 1.56. The van der Waals surface area contributed by atoms with Crippen molar-refractivity contribution in [3.8, 4) is 6.07 Å². The molecule has 152 valence electrons. The summed E-state index contributed by atoms with van der Waals surface area (Å²) in [7, 11) is 0. The lowest BCUT2D eigenvalue weighted by Gasteiger charge is -2.23. The Hall–Kier alpha value is -2.37. The Morgan fingerprint density at radius 1 is 1.41 bits per heavy atom. The van der Waals surface area contributed by atoms with Crippen LogP contribution in [0.1, 0.15) is 32.6 Å². The number of nitriles is 1. The number of aromatic nitrogens is 2. The number of ether oxygens (including phenoxy) is 1. The van der Waals surface area contributed by atoms with Gasteiger partial charge in [-0.15, -0.1) is 0 Å². The van der Waals surface area contributed by atoms with Crippen molar-refractivity contribution in [2.24, 2.45) is 5.92 Å². The first-order valence-corrected chi connectivity index (χ1v) is 10.9. The predicted octanol–water partition coefficient (Wildman–Crippen LogP) is 2.48. The van der Waals surface area contributed by atoms with E-state index in [4.69, 9.17) is 4.74 Å². The van der Waals surface area contributed by atoms with Crippen LogP contribution in [-0.2, 0) is 16.1 Å². The van der Waals surface area contributed by atoms with Gasteiger partial charge in [0.1, 0.15) is 5.54 Å². The van der Waals surface area contributed by atoms with Crippen LogP contribution in [0.2, 0.25) is 0 Å². The van der Waals surface area contributed by atoms with Crippen LogP contribution < -0.4 is 10.9 Å². The number of hydrogen-bond acceptors (Lipinski definition) is 6. The summed E-state index contributed by atoms with van der Waals surface area (Å²) >= 11 is 1.23. The molecule has 1 saturated heterocycles. The second kappa shape index (κ2) is 8.17. The van der Waals surface area contributed by atoms with E-state index in [2.05, 4.69) is 16.4 Å². The first-order chi connectivity index (χ1) is 14.0. The zero-order valence-electron chi connectivity index (χ0n) is 16.4. The second-order valence-electron chi connectivity index (χ2n) is 7.89. The van der Waals surface area contributed by atoms with E-state index in [0.29, 0.717) is 29.2 Å². The number of rotatable bonds is 7. The molecule has 7 nitrogen and oxygen atoms in total. The van der Waals surface area contributed by atoms with Crippen molar-refractivity contribution >= 4 is 28.6 Å². The first-order valence-electron chi connectivity index (χ1n) is 9.96. The normalized spacial score (nSPS) is 20.9. The lowest BCUT2D eigenvalue weighted by atomic mass is 9.98. The molecule has 1 aromatic carbocycles. The van der Waals surface area contributed by atoms with E-state index in [9.17, 15) is 14.9 Å². The number of amides is 1. The van der Waals surface area contributed by atoms with Crippen molar-refractivity contribution in [1.82, 2.24) is 14.9 Å². The Bertz CT molecular complexity index is 1020. The summed E-state index contributed by atoms with van der Waals surface area (Å²) in [5.74, 6) is 0.0929. The number of thioether (sulfide) groups is 1. The van der Waals surface area contributed by atoms with E-state index in [1.165, 1.54) is 11.8 Å². The van der Waals surface area contributed by atoms with Crippen molar-refractivity contribution in [2.45, 2.75) is 56.0 Å². The maximum absolute atomic E-state index is 13.1. The Kier molecular flexibility index (Phi) is 5.61. The fourth-order valence-electron chi connectivity index (χ4n) is 3.75. The molecule has 1 aliphatic heterocycles. The summed E-state index contributed by atoms with van der Waals surface area (Å²) < 4.78 is 7.33. The molecule has 0 bridgehead atoms. The summed E-state index contributed by atoms with van der Waals surface area (Å²) in [5, 5.41) is 13.4. The van der Waals surface area contributed by atoms with Crippen molar-refractivity contribution in [3.05, 3.63) is 34.6 Å². The van der Waals surface area contributed by atoms with Crippen LogP contribution >= 0.6 is 11.8 Å². The van der Waals surface area contributed by atoms with E-state index in [-0.39, 0.29) is 29.2 Å². The minimum absolute atomic E-state index is 0.0133. The molecule has 2 fully saturated rings. The molecule has 2 aromatic rings. The fourth-order valence-corrected chi connectivity index (χ4v) is 4.56. The smallest absolute Gasteiger partial charge is 0.262 e. The minimum atomic E-state index is -0.828. The number of carbonyl (C=O) groups excluding carboxylic acids is 1. The van der Waals surface area contributed by atoms with Crippen molar-refractivity contribution in [1.29, 1.82) is 5.26 Å². The van der Waals surface area contributed by atoms with Gasteiger partial charge < -0.3 is 10.1 Å².